The average Bonchev–Trinajstić information content (AvgIpc) is 2.91. The smallest absolute Gasteiger partial charge is 0.343 e. The van der Waals surface area contributed by atoms with E-state index < -0.39 is 29.8 Å². The van der Waals surface area contributed by atoms with E-state index in [1.54, 1.807) is 12.1 Å². The number of methoxy groups -OCH3 is 2. The van der Waals surface area contributed by atoms with Gasteiger partial charge in [0.1, 0.15) is 30.5 Å². The lowest BCUT2D eigenvalue weighted by Gasteiger charge is -2.09. The van der Waals surface area contributed by atoms with Crippen LogP contribution in [-0.2, 0) is 33.4 Å². The van der Waals surface area contributed by atoms with Crippen molar-refractivity contribution >= 4 is 29.8 Å². The van der Waals surface area contributed by atoms with Crippen molar-refractivity contribution in [1.29, 1.82) is 0 Å². The fourth-order valence-corrected chi connectivity index (χ4v) is 2.64. The van der Waals surface area contributed by atoms with Crippen LogP contribution in [-0.4, -0.2) is 57.3 Å². The molecule has 0 aliphatic heterocycles. The number of rotatable bonds is 13. The minimum absolute atomic E-state index is 0.0306. The summed E-state index contributed by atoms with van der Waals surface area (Å²) in [5, 5.41) is 0. The molecule has 200 valence electrons. The zero-order valence-corrected chi connectivity index (χ0v) is 20.9. The molecule has 38 heavy (non-hydrogen) atoms. The quantitative estimate of drug-likeness (QED) is 0.125. The Labute approximate surface area is 218 Å². The summed E-state index contributed by atoms with van der Waals surface area (Å²) >= 11 is 0. The molecular formula is C27H26O11. The Morgan fingerprint density at radius 2 is 1.11 bits per heavy atom. The summed E-state index contributed by atoms with van der Waals surface area (Å²) in [6.45, 7) is 6.92. The van der Waals surface area contributed by atoms with Gasteiger partial charge in [0.15, 0.2) is 0 Å². The SMILES string of the molecule is C=C(CC(=O)OC)C(=O)OCCOc1ccc(C(=O)Oc2ccc(OC(=O)C(=C)CC(=O)OC)cc2)cc1. The first-order chi connectivity index (χ1) is 18.1. The highest BCUT2D eigenvalue weighted by Crippen LogP contribution is 2.21. The molecule has 2 aromatic rings. The second-order valence-electron chi connectivity index (χ2n) is 7.47. The highest BCUT2D eigenvalue weighted by Gasteiger charge is 2.16. The molecule has 0 saturated heterocycles. The first-order valence-corrected chi connectivity index (χ1v) is 11.1. The van der Waals surface area contributed by atoms with Crippen molar-refractivity contribution in [2.45, 2.75) is 12.8 Å². The summed E-state index contributed by atoms with van der Waals surface area (Å²) < 4.78 is 29.8. The third kappa shape index (κ3) is 9.61. The summed E-state index contributed by atoms with van der Waals surface area (Å²) in [5.41, 5.74) is 0.150. The second-order valence-corrected chi connectivity index (χ2v) is 7.47. The normalized spacial score (nSPS) is 9.95. The highest BCUT2D eigenvalue weighted by atomic mass is 16.6. The van der Waals surface area contributed by atoms with Crippen LogP contribution >= 0.6 is 0 Å². The van der Waals surface area contributed by atoms with Gasteiger partial charge in [-0.2, -0.15) is 0 Å². The van der Waals surface area contributed by atoms with Gasteiger partial charge < -0.3 is 28.4 Å². The minimum Gasteiger partial charge on any atom is -0.490 e. The van der Waals surface area contributed by atoms with Gasteiger partial charge in [0.2, 0.25) is 0 Å². The van der Waals surface area contributed by atoms with E-state index in [1.807, 2.05) is 0 Å². The first-order valence-electron chi connectivity index (χ1n) is 11.1. The van der Waals surface area contributed by atoms with Crippen molar-refractivity contribution in [3.8, 4) is 17.2 Å². The summed E-state index contributed by atoms with van der Waals surface area (Å²) in [5.74, 6) is -2.57. The molecule has 0 atom stereocenters. The Morgan fingerprint density at radius 3 is 1.63 bits per heavy atom. The van der Waals surface area contributed by atoms with Gasteiger partial charge in [0.25, 0.3) is 0 Å². The van der Waals surface area contributed by atoms with E-state index in [9.17, 15) is 24.0 Å². The maximum atomic E-state index is 12.4. The predicted octanol–water partition coefficient (Wildman–Crippen LogP) is 2.97. The van der Waals surface area contributed by atoms with Crippen LogP contribution in [0, 0.1) is 0 Å². The van der Waals surface area contributed by atoms with Gasteiger partial charge >= 0.3 is 29.8 Å². The zero-order chi connectivity index (χ0) is 28.1. The van der Waals surface area contributed by atoms with Crippen molar-refractivity contribution in [3.05, 3.63) is 78.4 Å². The standard InChI is InChI=1S/C27H26O11/c1-17(15-23(28)33-3)25(30)36-14-13-35-20-7-5-19(6-8-20)27(32)38-22-11-9-21(10-12-22)37-26(31)18(2)16-24(29)34-4/h5-12H,1-2,13-16H2,3-4H3. The molecule has 0 saturated carbocycles. The number of ether oxygens (including phenoxy) is 6. The molecular weight excluding hydrogens is 500 g/mol. The molecule has 11 heteroatoms. The van der Waals surface area contributed by atoms with Gasteiger partial charge in [-0.25, -0.2) is 14.4 Å². The van der Waals surface area contributed by atoms with E-state index in [1.165, 1.54) is 50.6 Å². The number of carbonyl (C=O) groups excluding carboxylic acids is 5. The van der Waals surface area contributed by atoms with Gasteiger partial charge in [-0.1, -0.05) is 13.2 Å². The maximum Gasteiger partial charge on any atom is 0.343 e. The second kappa shape index (κ2) is 14.6. The summed E-state index contributed by atoms with van der Waals surface area (Å²) in [6, 6.07) is 11.8. The molecule has 0 aliphatic rings. The third-order valence-corrected chi connectivity index (χ3v) is 4.67. The lowest BCUT2D eigenvalue weighted by molar-refractivity contribution is -0.144. The molecule has 11 nitrogen and oxygen atoms in total. The largest absolute Gasteiger partial charge is 0.490 e. The van der Waals surface area contributed by atoms with Crippen molar-refractivity contribution in [2.24, 2.45) is 0 Å². The van der Waals surface area contributed by atoms with Crippen molar-refractivity contribution in [3.63, 3.8) is 0 Å². The van der Waals surface area contributed by atoms with Crippen LogP contribution in [0.4, 0.5) is 0 Å². The molecule has 0 N–H and O–H groups in total. The van der Waals surface area contributed by atoms with E-state index >= 15 is 0 Å². The van der Waals surface area contributed by atoms with Gasteiger partial charge in [-0.15, -0.1) is 0 Å². The lowest BCUT2D eigenvalue weighted by atomic mass is 10.2. The fraction of sp³-hybridized carbons (Fsp3) is 0.222. The van der Waals surface area contributed by atoms with Crippen LogP contribution in [0.2, 0.25) is 0 Å². The Morgan fingerprint density at radius 1 is 0.632 bits per heavy atom. The van der Waals surface area contributed by atoms with Crippen molar-refractivity contribution in [2.75, 3.05) is 27.4 Å². The Kier molecular flexibility index (Phi) is 11.2. The summed E-state index contributed by atoms with van der Waals surface area (Å²) in [4.78, 5) is 58.5. The first kappa shape index (κ1) is 29.3. The van der Waals surface area contributed by atoms with E-state index in [0.29, 0.717) is 5.75 Å². The molecule has 0 unspecified atom stereocenters. The zero-order valence-electron chi connectivity index (χ0n) is 20.9. The van der Waals surface area contributed by atoms with E-state index in [0.717, 1.165) is 0 Å². The third-order valence-electron chi connectivity index (χ3n) is 4.67. The maximum absolute atomic E-state index is 12.4. The van der Waals surface area contributed by atoms with Crippen LogP contribution in [0.1, 0.15) is 23.2 Å². The van der Waals surface area contributed by atoms with E-state index in [-0.39, 0.29) is 54.3 Å². The summed E-state index contributed by atoms with van der Waals surface area (Å²) in [7, 11) is 2.40. The Bertz CT molecular complexity index is 1190. The molecule has 0 bridgehead atoms. The molecule has 0 aliphatic carbocycles. The molecule has 0 spiro atoms. The molecule has 0 amide bonds. The number of hydrogen-bond donors (Lipinski definition) is 0. The number of carbonyl (C=O) groups is 5. The van der Waals surface area contributed by atoms with Crippen LogP contribution in [0.15, 0.2) is 72.8 Å². The van der Waals surface area contributed by atoms with Gasteiger partial charge in [0.05, 0.1) is 32.6 Å². The van der Waals surface area contributed by atoms with Crippen LogP contribution < -0.4 is 14.2 Å². The number of esters is 5. The molecule has 0 fully saturated rings. The molecule has 0 heterocycles. The number of hydrogen-bond acceptors (Lipinski definition) is 11. The predicted molar refractivity (Wildman–Crippen MR) is 131 cm³/mol. The average molecular weight is 526 g/mol. The monoisotopic (exact) mass is 526 g/mol. The summed E-state index contributed by atoms with van der Waals surface area (Å²) in [6.07, 6.45) is -0.559. The molecule has 0 aromatic heterocycles. The molecule has 0 radical (unpaired) electrons. The van der Waals surface area contributed by atoms with Gasteiger partial charge in [0, 0.05) is 11.1 Å². The van der Waals surface area contributed by atoms with Crippen molar-refractivity contribution < 1.29 is 52.4 Å². The Balaban J connectivity index is 1.79. The lowest BCUT2D eigenvalue weighted by Crippen LogP contribution is -2.15. The van der Waals surface area contributed by atoms with Gasteiger partial charge in [-0.05, 0) is 48.5 Å². The topological polar surface area (TPSA) is 141 Å². The fourth-order valence-electron chi connectivity index (χ4n) is 2.64. The van der Waals surface area contributed by atoms with Crippen molar-refractivity contribution in [1.82, 2.24) is 0 Å². The minimum atomic E-state index is -0.787. The molecule has 2 rings (SSSR count). The van der Waals surface area contributed by atoms with E-state index in [2.05, 4.69) is 22.6 Å². The molecule has 2 aromatic carbocycles. The van der Waals surface area contributed by atoms with Gasteiger partial charge in [-0.3, -0.25) is 9.59 Å². The van der Waals surface area contributed by atoms with Crippen LogP contribution in [0.25, 0.3) is 0 Å². The van der Waals surface area contributed by atoms with Crippen LogP contribution in [0.5, 0.6) is 17.2 Å². The number of benzene rings is 2. The van der Waals surface area contributed by atoms with E-state index in [4.69, 9.17) is 18.9 Å². The Hall–Kier alpha value is -4.93. The van der Waals surface area contributed by atoms with Crippen LogP contribution in [0.3, 0.4) is 0 Å². The highest BCUT2D eigenvalue weighted by molar-refractivity contribution is 5.95.